The smallest absolute Gasteiger partial charge is 0.176 e. The zero-order valence-corrected chi connectivity index (χ0v) is 16.2. The summed E-state index contributed by atoms with van der Waals surface area (Å²) < 4.78 is 0. The quantitative estimate of drug-likeness (QED) is 0.599. The van der Waals surface area contributed by atoms with Gasteiger partial charge in [-0.05, 0) is 30.7 Å². The van der Waals surface area contributed by atoms with E-state index in [1.165, 1.54) is 0 Å². The molecule has 0 amide bonds. The summed E-state index contributed by atoms with van der Waals surface area (Å²) in [6.45, 7) is 7.65. The van der Waals surface area contributed by atoms with E-state index >= 15 is 0 Å². The molecule has 0 unspecified atom stereocenters. The van der Waals surface area contributed by atoms with Crippen LogP contribution in [0.3, 0.4) is 0 Å². The van der Waals surface area contributed by atoms with Crippen molar-refractivity contribution in [3.63, 3.8) is 0 Å². The third-order valence-corrected chi connectivity index (χ3v) is 4.50. The fourth-order valence-electron chi connectivity index (χ4n) is 3.02. The van der Waals surface area contributed by atoms with Crippen LogP contribution in [0.4, 0.5) is 0 Å². The standard InChI is InChI=1S/C23H21ClN2O/c1-4-7-22(17(3)27)26-15-19(12-11-16(26)2)21-10-6-13-25-23(21)18-8-5-9-20(24)14-18/h5-15H,2,4H2,1,3H3. The number of hydrogen-bond donors (Lipinski definition) is 0. The first-order valence-electron chi connectivity index (χ1n) is 8.81. The molecule has 0 atom stereocenters. The van der Waals surface area contributed by atoms with E-state index in [1.807, 2.05) is 72.6 Å². The number of ketones is 1. The van der Waals surface area contributed by atoms with Gasteiger partial charge in [0.15, 0.2) is 5.78 Å². The number of nitrogens with zero attached hydrogens (tertiary/aromatic N) is 2. The molecule has 1 aromatic heterocycles. The number of halogens is 1. The zero-order valence-electron chi connectivity index (χ0n) is 15.4. The maximum Gasteiger partial charge on any atom is 0.176 e. The minimum Gasteiger partial charge on any atom is -0.314 e. The summed E-state index contributed by atoms with van der Waals surface area (Å²) in [6.07, 6.45) is 10.3. The summed E-state index contributed by atoms with van der Waals surface area (Å²) in [5.41, 5.74) is 5.08. The number of pyridine rings is 1. The molecule has 0 saturated heterocycles. The predicted molar refractivity (Wildman–Crippen MR) is 112 cm³/mol. The first kappa shape index (κ1) is 18.9. The summed E-state index contributed by atoms with van der Waals surface area (Å²) in [7, 11) is 0. The number of hydrogen-bond acceptors (Lipinski definition) is 3. The van der Waals surface area contributed by atoms with E-state index in [0.717, 1.165) is 34.5 Å². The molecule has 0 fully saturated rings. The Hall–Kier alpha value is -2.91. The molecule has 2 aromatic rings. The van der Waals surface area contributed by atoms with Crippen LogP contribution in [0.5, 0.6) is 0 Å². The number of carbonyl (C=O) groups is 1. The molecule has 0 radical (unpaired) electrons. The van der Waals surface area contributed by atoms with Crippen LogP contribution in [0.2, 0.25) is 5.02 Å². The van der Waals surface area contributed by atoms with Crippen LogP contribution in [-0.4, -0.2) is 15.7 Å². The molecule has 4 heteroatoms. The van der Waals surface area contributed by atoms with E-state index < -0.39 is 0 Å². The van der Waals surface area contributed by atoms with Gasteiger partial charge >= 0.3 is 0 Å². The number of allylic oxidation sites excluding steroid dienone is 5. The van der Waals surface area contributed by atoms with Crippen molar-refractivity contribution < 1.29 is 4.79 Å². The Balaban J connectivity index is 2.10. The van der Waals surface area contributed by atoms with Crippen LogP contribution in [0.25, 0.3) is 16.8 Å². The van der Waals surface area contributed by atoms with E-state index in [0.29, 0.717) is 10.7 Å². The molecule has 1 aliphatic heterocycles. The lowest BCUT2D eigenvalue weighted by molar-refractivity contribution is -0.114. The van der Waals surface area contributed by atoms with Crippen LogP contribution >= 0.6 is 11.6 Å². The van der Waals surface area contributed by atoms with Gasteiger partial charge in [0, 0.05) is 46.7 Å². The Morgan fingerprint density at radius 1 is 1.26 bits per heavy atom. The van der Waals surface area contributed by atoms with Gasteiger partial charge in [0.25, 0.3) is 0 Å². The highest BCUT2D eigenvalue weighted by atomic mass is 35.5. The van der Waals surface area contributed by atoms with Crippen molar-refractivity contribution in [2.24, 2.45) is 0 Å². The fraction of sp³-hybridized carbons (Fsp3) is 0.130. The molecule has 0 spiro atoms. The molecule has 2 heterocycles. The van der Waals surface area contributed by atoms with Gasteiger partial charge in [0.05, 0.1) is 11.4 Å². The van der Waals surface area contributed by atoms with Gasteiger partial charge in [-0.1, -0.05) is 55.5 Å². The highest BCUT2D eigenvalue weighted by Gasteiger charge is 2.19. The molecule has 0 bridgehead atoms. The molecule has 0 aliphatic carbocycles. The monoisotopic (exact) mass is 376 g/mol. The fourth-order valence-corrected chi connectivity index (χ4v) is 3.21. The average molecular weight is 377 g/mol. The lowest BCUT2D eigenvalue weighted by Gasteiger charge is -2.27. The van der Waals surface area contributed by atoms with Crippen molar-refractivity contribution in [1.82, 2.24) is 9.88 Å². The van der Waals surface area contributed by atoms with Gasteiger partial charge in [0.1, 0.15) is 0 Å². The average Bonchev–Trinajstić information content (AvgIpc) is 2.66. The summed E-state index contributed by atoms with van der Waals surface area (Å²) >= 11 is 6.17. The van der Waals surface area contributed by atoms with Crippen molar-refractivity contribution in [1.29, 1.82) is 0 Å². The van der Waals surface area contributed by atoms with E-state index in [1.54, 1.807) is 13.1 Å². The van der Waals surface area contributed by atoms with Crippen molar-refractivity contribution in [3.05, 3.63) is 95.6 Å². The van der Waals surface area contributed by atoms with Crippen LogP contribution in [0.15, 0.2) is 85.0 Å². The predicted octanol–water partition coefficient (Wildman–Crippen LogP) is 6.01. The molecule has 27 heavy (non-hydrogen) atoms. The van der Waals surface area contributed by atoms with Gasteiger partial charge in [-0.25, -0.2) is 0 Å². The molecule has 0 saturated carbocycles. The van der Waals surface area contributed by atoms with Crippen LogP contribution in [-0.2, 0) is 4.79 Å². The van der Waals surface area contributed by atoms with E-state index in [-0.39, 0.29) is 5.78 Å². The van der Waals surface area contributed by atoms with Crippen molar-refractivity contribution in [2.45, 2.75) is 20.3 Å². The minimum atomic E-state index is 0.00477. The number of carbonyl (C=O) groups excluding carboxylic acids is 1. The summed E-state index contributed by atoms with van der Waals surface area (Å²) in [5, 5.41) is 0.664. The van der Waals surface area contributed by atoms with Crippen LogP contribution in [0.1, 0.15) is 25.8 Å². The third kappa shape index (κ3) is 4.09. The number of aromatic nitrogens is 1. The highest BCUT2D eigenvalue weighted by Crippen LogP contribution is 2.33. The van der Waals surface area contributed by atoms with Crippen molar-refractivity contribution in [2.75, 3.05) is 0 Å². The Labute approximate surface area is 165 Å². The topological polar surface area (TPSA) is 33.2 Å². The second kappa shape index (κ2) is 8.19. The van der Waals surface area contributed by atoms with Gasteiger partial charge in [-0.15, -0.1) is 0 Å². The first-order valence-corrected chi connectivity index (χ1v) is 9.19. The largest absolute Gasteiger partial charge is 0.314 e. The molecule has 1 aromatic carbocycles. The van der Waals surface area contributed by atoms with E-state index in [2.05, 4.69) is 11.6 Å². The molecular weight excluding hydrogens is 356 g/mol. The van der Waals surface area contributed by atoms with Crippen molar-refractivity contribution in [3.8, 4) is 11.3 Å². The molecular formula is C23H21ClN2O. The maximum atomic E-state index is 12.1. The lowest BCUT2D eigenvalue weighted by atomic mass is 9.97. The van der Waals surface area contributed by atoms with Gasteiger partial charge in [0.2, 0.25) is 0 Å². The summed E-state index contributed by atoms with van der Waals surface area (Å²) in [4.78, 5) is 18.5. The SMILES string of the molecule is C=C1C=CC(c2cccnc2-c2cccc(Cl)c2)=CN1C(=CCC)C(C)=O. The normalized spacial score (nSPS) is 14.3. The molecule has 136 valence electrons. The molecule has 3 nitrogen and oxygen atoms in total. The number of benzene rings is 1. The van der Waals surface area contributed by atoms with Gasteiger partial charge in [-0.2, -0.15) is 0 Å². The Morgan fingerprint density at radius 3 is 2.78 bits per heavy atom. The molecule has 1 aliphatic rings. The Morgan fingerprint density at radius 2 is 2.07 bits per heavy atom. The summed E-state index contributed by atoms with van der Waals surface area (Å²) in [6, 6.07) is 11.6. The Kier molecular flexibility index (Phi) is 5.72. The van der Waals surface area contributed by atoms with Gasteiger partial charge < -0.3 is 4.90 Å². The third-order valence-electron chi connectivity index (χ3n) is 4.27. The van der Waals surface area contributed by atoms with Crippen LogP contribution in [0, 0.1) is 0 Å². The summed E-state index contributed by atoms with van der Waals surface area (Å²) in [5.74, 6) is 0.00477. The van der Waals surface area contributed by atoms with E-state index in [4.69, 9.17) is 11.6 Å². The number of rotatable bonds is 5. The van der Waals surface area contributed by atoms with E-state index in [9.17, 15) is 4.79 Å². The Bertz CT molecular complexity index is 985. The zero-order chi connectivity index (χ0) is 19.4. The second-order valence-electron chi connectivity index (χ2n) is 6.24. The maximum absolute atomic E-state index is 12.1. The highest BCUT2D eigenvalue weighted by molar-refractivity contribution is 6.30. The lowest BCUT2D eigenvalue weighted by Crippen LogP contribution is -2.21. The first-order chi connectivity index (χ1) is 13.0. The second-order valence-corrected chi connectivity index (χ2v) is 6.68. The molecule has 0 N–H and O–H groups in total. The van der Waals surface area contributed by atoms with Gasteiger partial charge in [-0.3, -0.25) is 9.78 Å². The van der Waals surface area contributed by atoms with Crippen molar-refractivity contribution >= 4 is 23.0 Å². The minimum absolute atomic E-state index is 0.00477. The van der Waals surface area contributed by atoms with Crippen LogP contribution < -0.4 is 0 Å². The molecule has 3 rings (SSSR count). The number of Topliss-reactive ketones (excluding diaryl/α,β-unsaturated/α-hetero) is 1.